The molecule has 2 heterocycles. The van der Waals surface area contributed by atoms with Crippen molar-refractivity contribution >= 4 is 38.8 Å². The summed E-state index contributed by atoms with van der Waals surface area (Å²) >= 11 is 3.27. The summed E-state index contributed by atoms with van der Waals surface area (Å²) in [6.45, 7) is 1.58. The number of carbonyl (C=O) groups excluding carboxylic acids is 1. The highest BCUT2D eigenvalue weighted by atomic mass is 79.9. The zero-order chi connectivity index (χ0) is 22.3. The predicted molar refractivity (Wildman–Crippen MR) is 109 cm³/mol. The van der Waals surface area contributed by atoms with Crippen LogP contribution in [0, 0.1) is 35.7 Å². The molecule has 1 amide bonds. The highest BCUT2D eigenvalue weighted by Gasteiger charge is 2.21. The summed E-state index contributed by atoms with van der Waals surface area (Å²) in [6, 6.07) is 7.31. The van der Waals surface area contributed by atoms with Crippen molar-refractivity contribution in [3.05, 3.63) is 75.1 Å². The molecule has 0 atom stereocenters. The number of halogens is 4. The third-order valence-electron chi connectivity index (χ3n) is 4.51. The van der Waals surface area contributed by atoms with Crippen LogP contribution < -0.4 is 5.32 Å². The summed E-state index contributed by atoms with van der Waals surface area (Å²) < 4.78 is 48.6. The summed E-state index contributed by atoms with van der Waals surface area (Å²) in [5.74, 6) is -4.55. The van der Waals surface area contributed by atoms with Crippen LogP contribution in [0.3, 0.4) is 0 Å². The van der Waals surface area contributed by atoms with Gasteiger partial charge < -0.3 is 9.73 Å². The van der Waals surface area contributed by atoms with Gasteiger partial charge in [0.1, 0.15) is 11.9 Å². The molecule has 10 heteroatoms. The zero-order valence-electron chi connectivity index (χ0n) is 15.6. The Bertz CT molecular complexity index is 1410. The molecule has 0 aliphatic rings. The van der Waals surface area contributed by atoms with Crippen molar-refractivity contribution in [1.82, 2.24) is 9.97 Å². The first-order valence-corrected chi connectivity index (χ1v) is 9.50. The van der Waals surface area contributed by atoms with Gasteiger partial charge in [0.2, 0.25) is 5.89 Å². The van der Waals surface area contributed by atoms with Crippen molar-refractivity contribution in [2.45, 2.75) is 6.92 Å². The fraction of sp³-hybridized carbons (Fsp3) is 0.0476. The average molecular weight is 487 g/mol. The molecule has 1 N–H and O–H groups in total. The molecule has 0 unspecified atom stereocenters. The number of pyridine rings is 1. The highest BCUT2D eigenvalue weighted by molar-refractivity contribution is 9.10. The van der Waals surface area contributed by atoms with Crippen LogP contribution in [0.2, 0.25) is 0 Å². The number of aromatic nitrogens is 2. The van der Waals surface area contributed by atoms with Gasteiger partial charge in [-0.2, -0.15) is 10.2 Å². The number of amides is 1. The Labute approximate surface area is 181 Å². The van der Waals surface area contributed by atoms with E-state index >= 15 is 0 Å². The average Bonchev–Trinajstić information content (AvgIpc) is 3.15. The normalized spacial score (nSPS) is 10.8. The van der Waals surface area contributed by atoms with E-state index in [1.165, 1.54) is 18.3 Å². The second-order valence-corrected chi connectivity index (χ2v) is 7.39. The third-order valence-corrected chi connectivity index (χ3v) is 4.95. The lowest BCUT2D eigenvalue weighted by Gasteiger charge is -2.12. The standard InChI is InChI=1S/C21H10BrF3N4O2/c1-9-14(21-29-19-16(31-21)4-11(22)8-27-19)5-12(23)6-15(9)28-20(30)13-3-2-10(7-26)17(24)18(13)25/h2-6,8H,1H3,(H,28,30). The van der Waals surface area contributed by atoms with Crippen LogP contribution in [-0.2, 0) is 0 Å². The predicted octanol–water partition coefficient (Wildman–Crippen LogP) is 5.50. The number of anilines is 1. The Hall–Kier alpha value is -3.71. The van der Waals surface area contributed by atoms with Crippen molar-refractivity contribution in [3.63, 3.8) is 0 Å². The summed E-state index contributed by atoms with van der Waals surface area (Å²) in [6.07, 6.45) is 1.53. The van der Waals surface area contributed by atoms with Crippen molar-refractivity contribution in [2.75, 3.05) is 5.32 Å². The molecule has 0 bridgehead atoms. The molecule has 0 saturated heterocycles. The Kier molecular flexibility index (Phi) is 5.20. The number of nitrogens with one attached hydrogen (secondary N) is 1. The van der Waals surface area contributed by atoms with Gasteiger partial charge in [0, 0.05) is 28.0 Å². The van der Waals surface area contributed by atoms with Crippen LogP contribution in [0.15, 0.2) is 45.4 Å². The molecule has 31 heavy (non-hydrogen) atoms. The van der Waals surface area contributed by atoms with E-state index in [4.69, 9.17) is 9.68 Å². The minimum Gasteiger partial charge on any atom is -0.434 e. The first-order chi connectivity index (χ1) is 14.8. The van der Waals surface area contributed by atoms with Crippen LogP contribution in [0.5, 0.6) is 0 Å². The molecular formula is C21H10BrF3N4O2. The van der Waals surface area contributed by atoms with E-state index in [1.807, 2.05) is 0 Å². The lowest BCUT2D eigenvalue weighted by atomic mass is 10.1. The van der Waals surface area contributed by atoms with Gasteiger partial charge in [-0.3, -0.25) is 4.79 Å². The molecule has 2 aromatic carbocycles. The Balaban J connectivity index is 1.73. The van der Waals surface area contributed by atoms with E-state index < -0.39 is 34.5 Å². The number of nitriles is 1. The summed E-state index contributed by atoms with van der Waals surface area (Å²) in [4.78, 5) is 20.8. The van der Waals surface area contributed by atoms with Crippen molar-refractivity contribution in [3.8, 4) is 17.5 Å². The number of nitrogens with zero attached hydrogens (tertiary/aromatic N) is 3. The van der Waals surface area contributed by atoms with E-state index in [0.29, 0.717) is 21.3 Å². The summed E-state index contributed by atoms with van der Waals surface area (Å²) in [5, 5.41) is 11.1. The molecule has 0 spiro atoms. The molecule has 4 aromatic rings. The number of carbonyl (C=O) groups is 1. The molecule has 0 aliphatic heterocycles. The van der Waals surface area contributed by atoms with Crippen LogP contribution in [0.1, 0.15) is 21.5 Å². The van der Waals surface area contributed by atoms with Crippen LogP contribution >= 0.6 is 15.9 Å². The minimum atomic E-state index is -1.47. The van der Waals surface area contributed by atoms with Gasteiger partial charge in [-0.1, -0.05) is 0 Å². The van der Waals surface area contributed by atoms with Gasteiger partial charge in [-0.25, -0.2) is 18.2 Å². The van der Waals surface area contributed by atoms with E-state index in [9.17, 15) is 18.0 Å². The molecule has 0 aliphatic carbocycles. The second kappa shape index (κ2) is 7.85. The number of benzene rings is 2. The van der Waals surface area contributed by atoms with Crippen molar-refractivity contribution < 1.29 is 22.4 Å². The maximum Gasteiger partial charge on any atom is 0.258 e. The second-order valence-electron chi connectivity index (χ2n) is 6.47. The smallest absolute Gasteiger partial charge is 0.258 e. The number of fused-ring (bicyclic) bond motifs is 1. The Morgan fingerprint density at radius 1 is 1.19 bits per heavy atom. The largest absolute Gasteiger partial charge is 0.434 e. The van der Waals surface area contributed by atoms with Gasteiger partial charge in [-0.15, -0.1) is 0 Å². The number of hydrogen-bond acceptors (Lipinski definition) is 5. The topological polar surface area (TPSA) is 91.8 Å². The van der Waals surface area contributed by atoms with Gasteiger partial charge in [0.05, 0.1) is 11.1 Å². The van der Waals surface area contributed by atoms with E-state index in [1.54, 1.807) is 13.0 Å². The molecule has 0 radical (unpaired) electrons. The maximum atomic E-state index is 14.3. The van der Waals surface area contributed by atoms with Crippen molar-refractivity contribution in [2.24, 2.45) is 0 Å². The lowest BCUT2D eigenvalue weighted by Crippen LogP contribution is -2.16. The number of rotatable bonds is 3. The first kappa shape index (κ1) is 20.6. The Morgan fingerprint density at radius 2 is 1.97 bits per heavy atom. The third kappa shape index (κ3) is 3.75. The minimum absolute atomic E-state index is 0.0144. The molecule has 2 aromatic heterocycles. The summed E-state index contributed by atoms with van der Waals surface area (Å²) in [5.41, 5.74) is 0.162. The monoisotopic (exact) mass is 486 g/mol. The molecular weight excluding hydrogens is 477 g/mol. The highest BCUT2D eigenvalue weighted by Crippen LogP contribution is 2.32. The van der Waals surface area contributed by atoms with E-state index in [2.05, 4.69) is 31.2 Å². The SMILES string of the molecule is Cc1c(NC(=O)c2ccc(C#N)c(F)c2F)cc(F)cc1-c1nc2ncc(Br)cc2o1. The molecule has 154 valence electrons. The zero-order valence-corrected chi connectivity index (χ0v) is 17.2. The first-order valence-electron chi connectivity index (χ1n) is 8.70. The van der Waals surface area contributed by atoms with E-state index in [-0.39, 0.29) is 17.1 Å². The van der Waals surface area contributed by atoms with E-state index in [0.717, 1.165) is 18.2 Å². The van der Waals surface area contributed by atoms with Crippen LogP contribution in [0.4, 0.5) is 18.9 Å². The maximum absolute atomic E-state index is 14.3. The van der Waals surface area contributed by atoms with Crippen molar-refractivity contribution in [1.29, 1.82) is 5.26 Å². The number of oxazole rings is 1. The van der Waals surface area contributed by atoms with Gasteiger partial charge in [0.15, 0.2) is 22.9 Å². The van der Waals surface area contributed by atoms with Gasteiger partial charge >= 0.3 is 0 Å². The molecule has 0 saturated carbocycles. The molecule has 4 rings (SSSR count). The van der Waals surface area contributed by atoms with Crippen LogP contribution in [0.25, 0.3) is 22.7 Å². The summed E-state index contributed by atoms with van der Waals surface area (Å²) in [7, 11) is 0. The van der Waals surface area contributed by atoms with Crippen LogP contribution in [-0.4, -0.2) is 15.9 Å². The molecule has 6 nitrogen and oxygen atoms in total. The fourth-order valence-electron chi connectivity index (χ4n) is 2.94. The fourth-order valence-corrected chi connectivity index (χ4v) is 3.25. The Morgan fingerprint density at radius 3 is 2.71 bits per heavy atom. The lowest BCUT2D eigenvalue weighted by molar-refractivity contribution is 0.102. The number of hydrogen-bond donors (Lipinski definition) is 1. The molecule has 0 fully saturated rings. The quantitative estimate of drug-likeness (QED) is 0.412. The van der Waals surface area contributed by atoms with Gasteiger partial charge in [-0.05, 0) is 52.7 Å². The van der Waals surface area contributed by atoms with Gasteiger partial charge in [0.25, 0.3) is 5.91 Å².